The molecule has 1 fully saturated rings. The number of imidazole rings is 1. The van der Waals surface area contributed by atoms with Crippen molar-refractivity contribution in [3.8, 4) is 0 Å². The van der Waals surface area contributed by atoms with Crippen molar-refractivity contribution in [2.45, 2.75) is 38.0 Å². The molecule has 190 valence electrons. The Bertz CT molecular complexity index is 1190. The van der Waals surface area contributed by atoms with E-state index in [2.05, 4.69) is 10.3 Å². The molecule has 0 aliphatic carbocycles. The standard InChI is InChI=1S/C26H27F3N4O3/c27-26(28,29)20-7-4-8-22(13-20)33-11-9-19(10-12-33)24(34)31-23(25(35)36)14-21-16-32(17-30-21)15-18-5-2-1-3-6-18/h1-8,13,16-17,19,23H,9-12,14-15H2,(H,31,34)(H,35,36)/t23-/m0/s1. The number of carboxylic acids is 1. The minimum absolute atomic E-state index is 0.0476. The number of benzene rings is 2. The highest BCUT2D eigenvalue weighted by atomic mass is 19.4. The number of carbonyl (C=O) groups is 2. The third-order valence-electron chi connectivity index (χ3n) is 6.33. The van der Waals surface area contributed by atoms with Crippen LogP contribution in [0, 0.1) is 5.92 Å². The van der Waals surface area contributed by atoms with Gasteiger partial charge < -0.3 is 19.9 Å². The number of nitrogens with zero attached hydrogens (tertiary/aromatic N) is 3. The van der Waals surface area contributed by atoms with E-state index in [1.165, 1.54) is 6.07 Å². The van der Waals surface area contributed by atoms with Crippen molar-refractivity contribution in [1.82, 2.24) is 14.9 Å². The van der Waals surface area contributed by atoms with Crippen LogP contribution in [0.4, 0.5) is 18.9 Å². The first-order chi connectivity index (χ1) is 17.2. The van der Waals surface area contributed by atoms with E-state index in [1.807, 2.05) is 39.8 Å². The number of amides is 1. The number of aromatic nitrogens is 2. The van der Waals surface area contributed by atoms with Gasteiger partial charge in [-0.1, -0.05) is 36.4 Å². The summed E-state index contributed by atoms with van der Waals surface area (Å²) in [6, 6.07) is 13.8. The Kier molecular flexibility index (Phi) is 7.61. The second kappa shape index (κ2) is 10.8. The monoisotopic (exact) mass is 500 g/mol. The van der Waals surface area contributed by atoms with E-state index in [1.54, 1.807) is 18.6 Å². The predicted octanol–water partition coefficient (Wildman–Crippen LogP) is 3.98. The lowest BCUT2D eigenvalue weighted by atomic mass is 9.94. The zero-order valence-corrected chi connectivity index (χ0v) is 19.5. The van der Waals surface area contributed by atoms with E-state index in [-0.39, 0.29) is 12.3 Å². The molecule has 1 aromatic heterocycles. The van der Waals surface area contributed by atoms with Crippen LogP contribution in [0.5, 0.6) is 0 Å². The maximum Gasteiger partial charge on any atom is 0.416 e. The fourth-order valence-corrected chi connectivity index (χ4v) is 4.37. The van der Waals surface area contributed by atoms with Crippen LogP contribution in [-0.2, 0) is 28.7 Å². The molecule has 36 heavy (non-hydrogen) atoms. The predicted molar refractivity (Wildman–Crippen MR) is 127 cm³/mol. The molecule has 10 heteroatoms. The Labute approximate surface area is 206 Å². The summed E-state index contributed by atoms with van der Waals surface area (Å²) in [4.78, 5) is 30.7. The molecule has 1 aliphatic rings. The summed E-state index contributed by atoms with van der Waals surface area (Å²) in [5.74, 6) is -1.93. The molecule has 0 bridgehead atoms. The third-order valence-corrected chi connectivity index (χ3v) is 6.33. The van der Waals surface area contributed by atoms with Crippen LogP contribution in [-0.4, -0.2) is 45.7 Å². The number of nitrogens with one attached hydrogen (secondary N) is 1. The van der Waals surface area contributed by atoms with Gasteiger partial charge in [-0.05, 0) is 36.6 Å². The normalized spacial score (nSPS) is 15.5. The Morgan fingerprint density at radius 1 is 1.08 bits per heavy atom. The molecule has 1 saturated heterocycles. The lowest BCUT2D eigenvalue weighted by Gasteiger charge is -2.33. The van der Waals surface area contributed by atoms with E-state index >= 15 is 0 Å². The van der Waals surface area contributed by atoms with Crippen molar-refractivity contribution >= 4 is 17.6 Å². The van der Waals surface area contributed by atoms with Crippen molar-refractivity contribution in [3.05, 3.63) is 83.9 Å². The SMILES string of the molecule is O=C(N[C@@H](Cc1cn(Cc2ccccc2)cn1)C(=O)O)C1CCN(c2cccc(C(F)(F)F)c2)CC1. The Balaban J connectivity index is 1.31. The van der Waals surface area contributed by atoms with E-state index in [0.29, 0.717) is 43.9 Å². The van der Waals surface area contributed by atoms with Crippen LogP contribution in [0.3, 0.4) is 0 Å². The number of hydrogen-bond acceptors (Lipinski definition) is 4. The quantitative estimate of drug-likeness (QED) is 0.489. The molecule has 0 unspecified atom stereocenters. The number of carboxylic acid groups (broad SMARTS) is 1. The summed E-state index contributed by atoms with van der Waals surface area (Å²) in [5, 5.41) is 12.3. The first kappa shape index (κ1) is 25.3. The topological polar surface area (TPSA) is 87.5 Å². The molecule has 0 spiro atoms. The van der Waals surface area contributed by atoms with Gasteiger partial charge in [-0.25, -0.2) is 9.78 Å². The molecule has 0 saturated carbocycles. The average Bonchev–Trinajstić information content (AvgIpc) is 3.30. The van der Waals surface area contributed by atoms with E-state index in [4.69, 9.17) is 0 Å². The van der Waals surface area contributed by atoms with Gasteiger partial charge in [0.25, 0.3) is 0 Å². The number of alkyl halides is 3. The molecule has 2 heterocycles. The number of hydrogen-bond donors (Lipinski definition) is 2. The molecule has 1 aliphatic heterocycles. The number of aliphatic carboxylic acids is 1. The fraction of sp³-hybridized carbons (Fsp3) is 0.346. The van der Waals surface area contributed by atoms with E-state index < -0.39 is 29.7 Å². The van der Waals surface area contributed by atoms with Gasteiger partial charge in [0.05, 0.1) is 17.6 Å². The first-order valence-electron chi connectivity index (χ1n) is 11.7. The van der Waals surface area contributed by atoms with Gasteiger partial charge in [-0.3, -0.25) is 4.79 Å². The molecule has 2 N–H and O–H groups in total. The summed E-state index contributed by atoms with van der Waals surface area (Å²) < 4.78 is 40.9. The maximum atomic E-state index is 13.0. The van der Waals surface area contributed by atoms with Crippen LogP contribution in [0.25, 0.3) is 0 Å². The number of carbonyl (C=O) groups excluding carboxylic acids is 1. The summed E-state index contributed by atoms with van der Waals surface area (Å²) in [7, 11) is 0. The van der Waals surface area contributed by atoms with Crippen molar-refractivity contribution in [1.29, 1.82) is 0 Å². The maximum absolute atomic E-state index is 13.0. The number of anilines is 1. The van der Waals surface area contributed by atoms with Crippen LogP contribution >= 0.6 is 0 Å². The fourth-order valence-electron chi connectivity index (χ4n) is 4.37. The zero-order chi connectivity index (χ0) is 25.7. The Morgan fingerprint density at radius 3 is 2.47 bits per heavy atom. The lowest BCUT2D eigenvalue weighted by molar-refractivity contribution is -0.142. The van der Waals surface area contributed by atoms with Gasteiger partial charge in [0.15, 0.2) is 0 Å². The number of halogens is 3. The first-order valence-corrected chi connectivity index (χ1v) is 11.7. The molecule has 1 amide bonds. The summed E-state index contributed by atoms with van der Waals surface area (Å²) in [6.45, 7) is 1.41. The highest BCUT2D eigenvalue weighted by molar-refractivity contribution is 5.85. The van der Waals surface area contributed by atoms with Crippen LogP contribution in [0.2, 0.25) is 0 Å². The molecular formula is C26H27F3N4O3. The Morgan fingerprint density at radius 2 is 1.81 bits per heavy atom. The van der Waals surface area contributed by atoms with Crippen LogP contribution in [0.15, 0.2) is 67.1 Å². The van der Waals surface area contributed by atoms with Crippen molar-refractivity contribution < 1.29 is 27.9 Å². The minimum atomic E-state index is -4.42. The van der Waals surface area contributed by atoms with Gasteiger partial charge in [-0.2, -0.15) is 13.2 Å². The van der Waals surface area contributed by atoms with Crippen molar-refractivity contribution in [3.63, 3.8) is 0 Å². The van der Waals surface area contributed by atoms with E-state index in [9.17, 15) is 27.9 Å². The highest BCUT2D eigenvalue weighted by Gasteiger charge is 2.32. The van der Waals surface area contributed by atoms with Crippen molar-refractivity contribution in [2.75, 3.05) is 18.0 Å². The molecule has 2 aromatic carbocycles. The minimum Gasteiger partial charge on any atom is -0.480 e. The van der Waals surface area contributed by atoms with Gasteiger partial charge in [0, 0.05) is 43.9 Å². The van der Waals surface area contributed by atoms with Crippen LogP contribution in [0.1, 0.15) is 29.7 Å². The summed E-state index contributed by atoms with van der Waals surface area (Å²) >= 11 is 0. The van der Waals surface area contributed by atoms with E-state index in [0.717, 1.165) is 17.7 Å². The second-order valence-corrected chi connectivity index (χ2v) is 8.94. The smallest absolute Gasteiger partial charge is 0.416 e. The molecule has 1 atom stereocenters. The number of rotatable bonds is 8. The van der Waals surface area contributed by atoms with Crippen LogP contribution < -0.4 is 10.2 Å². The summed E-state index contributed by atoms with van der Waals surface area (Å²) in [5.41, 5.74) is 1.38. The second-order valence-electron chi connectivity index (χ2n) is 8.94. The molecule has 7 nitrogen and oxygen atoms in total. The van der Waals surface area contributed by atoms with Gasteiger partial charge in [0.1, 0.15) is 6.04 Å². The molecule has 3 aromatic rings. The largest absolute Gasteiger partial charge is 0.480 e. The lowest BCUT2D eigenvalue weighted by Crippen LogP contribution is -2.47. The highest BCUT2D eigenvalue weighted by Crippen LogP contribution is 2.32. The molecule has 4 rings (SSSR count). The Hall–Kier alpha value is -3.82. The molecule has 0 radical (unpaired) electrons. The third kappa shape index (κ3) is 6.44. The average molecular weight is 501 g/mol. The van der Waals surface area contributed by atoms with Gasteiger partial charge in [-0.15, -0.1) is 0 Å². The molecular weight excluding hydrogens is 473 g/mol. The summed E-state index contributed by atoms with van der Waals surface area (Å²) in [6.07, 6.45) is -0.140. The van der Waals surface area contributed by atoms with Gasteiger partial charge in [0.2, 0.25) is 5.91 Å². The number of piperidine rings is 1. The zero-order valence-electron chi connectivity index (χ0n) is 19.5. The van der Waals surface area contributed by atoms with Crippen molar-refractivity contribution in [2.24, 2.45) is 5.92 Å². The van der Waals surface area contributed by atoms with Gasteiger partial charge >= 0.3 is 12.1 Å².